The third-order valence-corrected chi connectivity index (χ3v) is 6.43. The molecule has 5 nitrogen and oxygen atoms in total. The lowest BCUT2D eigenvalue weighted by atomic mass is 9.94. The fourth-order valence-electron chi connectivity index (χ4n) is 4.47. The Kier molecular flexibility index (Phi) is 7.20. The van der Waals surface area contributed by atoms with Gasteiger partial charge in [0.05, 0.1) is 5.69 Å². The molecule has 3 aromatic rings. The third-order valence-electron chi connectivity index (χ3n) is 6.43. The number of piperidine rings is 1. The molecule has 0 aliphatic carbocycles. The number of hydrogen-bond donors (Lipinski definition) is 1. The molecule has 1 N–H and O–H groups in total. The van der Waals surface area contributed by atoms with Gasteiger partial charge in [0.25, 0.3) is 0 Å². The minimum absolute atomic E-state index is 0.449. The molecule has 1 aliphatic rings. The summed E-state index contributed by atoms with van der Waals surface area (Å²) in [5, 5.41) is 5.76. The molecule has 0 bridgehead atoms. The molecule has 1 saturated heterocycles. The fraction of sp³-hybridized carbons (Fsp3) is 0.286. The van der Waals surface area contributed by atoms with Crippen molar-refractivity contribution < 1.29 is 0 Å². The molecule has 0 atom stereocenters. The lowest BCUT2D eigenvalue weighted by molar-refractivity contribution is 0.190. The van der Waals surface area contributed by atoms with Crippen LogP contribution in [0.1, 0.15) is 31.0 Å². The summed E-state index contributed by atoms with van der Waals surface area (Å²) in [5.74, 6) is 1.30. The Balaban J connectivity index is 1.40. The van der Waals surface area contributed by atoms with E-state index in [1.165, 1.54) is 0 Å². The predicted octanol–water partition coefficient (Wildman–Crippen LogP) is 5.90. The number of aromatic nitrogens is 2. The molecule has 5 heteroatoms. The van der Waals surface area contributed by atoms with Gasteiger partial charge in [-0.3, -0.25) is 9.88 Å². The maximum absolute atomic E-state index is 4.63. The first kappa shape index (κ1) is 22.7. The van der Waals surface area contributed by atoms with Crippen LogP contribution in [-0.4, -0.2) is 39.9 Å². The number of anilines is 1. The van der Waals surface area contributed by atoms with E-state index in [-0.39, 0.29) is 0 Å². The highest BCUT2D eigenvalue weighted by molar-refractivity contribution is 5.87. The van der Waals surface area contributed by atoms with Gasteiger partial charge in [-0.2, -0.15) is 0 Å². The van der Waals surface area contributed by atoms with Crippen LogP contribution in [0.5, 0.6) is 0 Å². The van der Waals surface area contributed by atoms with Crippen molar-refractivity contribution in [3.63, 3.8) is 0 Å². The largest absolute Gasteiger partial charge is 0.351 e. The van der Waals surface area contributed by atoms with Crippen LogP contribution in [0.15, 0.2) is 86.0 Å². The number of rotatable bonds is 8. The van der Waals surface area contributed by atoms with E-state index in [0.29, 0.717) is 5.92 Å². The average Bonchev–Trinajstić information content (AvgIpc) is 2.85. The number of pyridine rings is 2. The Morgan fingerprint density at radius 1 is 1.15 bits per heavy atom. The Morgan fingerprint density at radius 2 is 1.97 bits per heavy atom. The molecular weight excluding hydrogens is 406 g/mol. The number of benzene rings is 1. The molecule has 0 radical (unpaired) electrons. The second-order valence-electron chi connectivity index (χ2n) is 8.62. The lowest BCUT2D eigenvalue weighted by Crippen LogP contribution is -2.34. The molecule has 4 rings (SSSR count). The summed E-state index contributed by atoms with van der Waals surface area (Å²) >= 11 is 0. The highest BCUT2D eigenvalue weighted by Crippen LogP contribution is 2.28. The van der Waals surface area contributed by atoms with Crippen molar-refractivity contribution in [3.8, 4) is 0 Å². The van der Waals surface area contributed by atoms with E-state index in [4.69, 9.17) is 0 Å². The zero-order valence-electron chi connectivity index (χ0n) is 19.7. The van der Waals surface area contributed by atoms with E-state index >= 15 is 0 Å². The minimum atomic E-state index is 0.449. The molecule has 0 saturated carbocycles. The molecule has 0 unspecified atom stereocenters. The van der Waals surface area contributed by atoms with Crippen LogP contribution in [0.4, 0.5) is 5.82 Å². The van der Waals surface area contributed by atoms with Gasteiger partial charge in [0, 0.05) is 48.7 Å². The maximum Gasteiger partial charge on any atom is 0.130 e. The molecule has 170 valence electrons. The molecule has 1 fully saturated rings. The fourth-order valence-corrected chi connectivity index (χ4v) is 4.47. The standard InChI is InChI=1S/C28H33N5/c1-5-27(32(4)6-2)23-10-11-24-19-30-28(18-25(24)17-23)31-21(3)22-12-15-33(16-13-22)20-26-9-7-8-14-29-26/h5-11,14,17-19,22H,2-3,12-13,15-16,20H2,1,4H3,(H,30,31)/b27-5-. The van der Waals surface area contributed by atoms with Gasteiger partial charge in [-0.15, -0.1) is 0 Å². The van der Waals surface area contributed by atoms with Gasteiger partial charge >= 0.3 is 0 Å². The van der Waals surface area contributed by atoms with Gasteiger partial charge in [0.1, 0.15) is 5.82 Å². The van der Waals surface area contributed by atoms with Crippen LogP contribution in [0.2, 0.25) is 0 Å². The monoisotopic (exact) mass is 439 g/mol. The molecule has 1 aromatic carbocycles. The van der Waals surface area contributed by atoms with E-state index in [2.05, 4.69) is 75.8 Å². The van der Waals surface area contributed by atoms with Gasteiger partial charge in [-0.1, -0.05) is 37.4 Å². The van der Waals surface area contributed by atoms with Crippen molar-refractivity contribution in [2.45, 2.75) is 26.3 Å². The number of nitrogens with one attached hydrogen (secondary N) is 1. The highest BCUT2D eigenvalue weighted by Gasteiger charge is 2.22. The first-order valence-corrected chi connectivity index (χ1v) is 11.6. The lowest BCUT2D eigenvalue weighted by Gasteiger charge is -2.32. The summed E-state index contributed by atoms with van der Waals surface area (Å²) in [6, 6.07) is 14.7. The molecule has 0 spiro atoms. The van der Waals surface area contributed by atoms with Gasteiger partial charge in [0.2, 0.25) is 0 Å². The van der Waals surface area contributed by atoms with E-state index in [9.17, 15) is 0 Å². The van der Waals surface area contributed by atoms with Crippen LogP contribution in [0, 0.1) is 5.92 Å². The van der Waals surface area contributed by atoms with Crippen LogP contribution in [0.25, 0.3) is 16.5 Å². The molecule has 33 heavy (non-hydrogen) atoms. The molecule has 0 amide bonds. The molecule has 2 aromatic heterocycles. The Labute approximate surface area is 197 Å². The zero-order valence-corrected chi connectivity index (χ0v) is 19.7. The van der Waals surface area contributed by atoms with Crippen LogP contribution in [0.3, 0.4) is 0 Å². The quantitative estimate of drug-likeness (QED) is 0.473. The topological polar surface area (TPSA) is 44.3 Å². The first-order valence-electron chi connectivity index (χ1n) is 11.6. The van der Waals surface area contributed by atoms with E-state index in [1.54, 1.807) is 0 Å². The van der Waals surface area contributed by atoms with Crippen molar-refractivity contribution >= 4 is 22.3 Å². The summed E-state index contributed by atoms with van der Waals surface area (Å²) in [4.78, 5) is 13.6. The summed E-state index contributed by atoms with van der Waals surface area (Å²) in [7, 11) is 2.01. The Bertz CT molecular complexity index is 1140. The molecule has 3 heterocycles. The number of fused-ring (bicyclic) bond motifs is 1. The van der Waals surface area contributed by atoms with E-state index < -0.39 is 0 Å². The number of likely N-dealkylation sites (tertiary alicyclic amines) is 1. The second kappa shape index (κ2) is 10.5. The molecular formula is C28H33N5. The summed E-state index contributed by atoms with van der Waals surface area (Å²) in [6.45, 7) is 13.3. The van der Waals surface area contributed by atoms with Crippen molar-refractivity contribution in [2.75, 3.05) is 25.5 Å². The van der Waals surface area contributed by atoms with Gasteiger partial charge in [0.15, 0.2) is 0 Å². The van der Waals surface area contributed by atoms with Gasteiger partial charge in [-0.25, -0.2) is 4.98 Å². The normalized spacial score (nSPS) is 15.4. The SMILES string of the molecule is C=CN(C)/C(=C\C)c1ccc2cnc(NC(=C)C3CCN(Cc4ccccn4)CC3)cc2c1. The number of nitrogens with zero attached hydrogens (tertiary/aromatic N) is 4. The summed E-state index contributed by atoms with van der Waals surface area (Å²) in [6.07, 6.45) is 9.90. The average molecular weight is 440 g/mol. The minimum Gasteiger partial charge on any atom is -0.351 e. The third kappa shape index (κ3) is 5.49. The van der Waals surface area contributed by atoms with E-state index in [1.807, 2.05) is 43.5 Å². The van der Waals surface area contributed by atoms with E-state index in [0.717, 1.165) is 71.7 Å². The van der Waals surface area contributed by atoms with Crippen molar-refractivity contribution in [3.05, 3.63) is 97.2 Å². The summed E-state index contributed by atoms with van der Waals surface area (Å²) < 4.78 is 0. The smallest absolute Gasteiger partial charge is 0.130 e. The van der Waals surface area contributed by atoms with Gasteiger partial charge in [-0.05, 0) is 74.3 Å². The predicted molar refractivity (Wildman–Crippen MR) is 138 cm³/mol. The van der Waals surface area contributed by atoms with Crippen molar-refractivity contribution in [1.29, 1.82) is 0 Å². The van der Waals surface area contributed by atoms with Gasteiger partial charge < -0.3 is 10.2 Å². The van der Waals surface area contributed by atoms with Crippen LogP contribution >= 0.6 is 0 Å². The van der Waals surface area contributed by atoms with Crippen LogP contribution in [-0.2, 0) is 6.54 Å². The second-order valence-corrected chi connectivity index (χ2v) is 8.62. The summed E-state index contributed by atoms with van der Waals surface area (Å²) in [5.41, 5.74) is 4.47. The van der Waals surface area contributed by atoms with Crippen molar-refractivity contribution in [1.82, 2.24) is 19.8 Å². The number of hydrogen-bond acceptors (Lipinski definition) is 5. The zero-order chi connectivity index (χ0) is 23.2. The maximum atomic E-state index is 4.63. The highest BCUT2D eigenvalue weighted by atomic mass is 15.1. The Hall–Kier alpha value is -3.44. The van der Waals surface area contributed by atoms with Crippen molar-refractivity contribution in [2.24, 2.45) is 5.92 Å². The number of allylic oxidation sites excluding steroid dienone is 2. The van der Waals surface area contributed by atoms with Crippen LogP contribution < -0.4 is 5.32 Å². The first-order chi connectivity index (χ1) is 16.1. The Morgan fingerprint density at radius 3 is 2.67 bits per heavy atom. The molecule has 1 aliphatic heterocycles.